The number of carbonyl (C=O) groups is 1. The van der Waals surface area contributed by atoms with E-state index in [1.54, 1.807) is 13.3 Å². The summed E-state index contributed by atoms with van der Waals surface area (Å²) in [5.41, 5.74) is 1.62. The number of nitrogens with zero attached hydrogens (tertiary/aromatic N) is 2. The van der Waals surface area contributed by atoms with Gasteiger partial charge in [-0.25, -0.2) is 4.98 Å². The first-order chi connectivity index (χ1) is 11.2. The average Bonchev–Trinajstić information content (AvgIpc) is 3.27. The van der Waals surface area contributed by atoms with Crippen molar-refractivity contribution in [2.75, 3.05) is 7.11 Å². The van der Waals surface area contributed by atoms with Gasteiger partial charge in [-0.2, -0.15) is 0 Å². The normalized spacial score (nSPS) is 16.8. The van der Waals surface area contributed by atoms with Crippen molar-refractivity contribution in [3.8, 4) is 10.7 Å². The van der Waals surface area contributed by atoms with Crippen LogP contribution in [0, 0.1) is 5.92 Å². The Kier molecular flexibility index (Phi) is 5.03. The predicted molar refractivity (Wildman–Crippen MR) is 90.2 cm³/mol. The molecule has 2 aromatic rings. The molecule has 1 N–H and O–H groups in total. The Bertz CT molecular complexity index is 655. The predicted octanol–water partition coefficient (Wildman–Crippen LogP) is 2.68. The van der Waals surface area contributed by atoms with Crippen molar-refractivity contribution in [1.29, 1.82) is 0 Å². The van der Waals surface area contributed by atoms with E-state index in [1.807, 2.05) is 30.5 Å². The van der Waals surface area contributed by atoms with Crippen LogP contribution in [0.4, 0.5) is 0 Å². The molecule has 1 amide bonds. The zero-order chi connectivity index (χ0) is 16.2. The zero-order valence-corrected chi connectivity index (χ0v) is 14.2. The second-order valence-corrected chi connectivity index (χ2v) is 6.79. The van der Waals surface area contributed by atoms with Crippen molar-refractivity contribution in [3.63, 3.8) is 0 Å². The topological polar surface area (TPSA) is 64.1 Å². The largest absolute Gasteiger partial charge is 0.379 e. The first kappa shape index (κ1) is 16.1. The number of hydrogen-bond donors (Lipinski definition) is 1. The molecule has 1 saturated carbocycles. The van der Waals surface area contributed by atoms with E-state index in [1.165, 1.54) is 24.2 Å². The number of ether oxygens (including phenoxy) is 1. The molecule has 3 rings (SSSR count). The summed E-state index contributed by atoms with van der Waals surface area (Å²) in [5.74, 6) is 0.573. The molecule has 0 radical (unpaired) electrons. The van der Waals surface area contributed by atoms with Crippen molar-refractivity contribution < 1.29 is 9.53 Å². The van der Waals surface area contributed by atoms with Crippen molar-refractivity contribution >= 4 is 17.2 Å². The first-order valence-electron chi connectivity index (χ1n) is 7.85. The van der Waals surface area contributed by atoms with Crippen LogP contribution in [0.1, 0.15) is 25.5 Å². The highest BCUT2D eigenvalue weighted by molar-refractivity contribution is 7.13. The SMILES string of the molecule is COC(C1CC1)C(C)NC(=O)Cc1csc(-c2ccccn2)n1. The molecule has 0 spiro atoms. The third-order valence-corrected chi connectivity index (χ3v) is 4.93. The van der Waals surface area contributed by atoms with Crippen molar-refractivity contribution in [1.82, 2.24) is 15.3 Å². The van der Waals surface area contributed by atoms with Crippen molar-refractivity contribution in [2.24, 2.45) is 5.92 Å². The molecule has 122 valence electrons. The lowest BCUT2D eigenvalue weighted by atomic mass is 10.1. The van der Waals surface area contributed by atoms with Crippen LogP contribution in [0.25, 0.3) is 10.7 Å². The minimum absolute atomic E-state index is 0.0157. The molecule has 2 aromatic heterocycles. The van der Waals surface area contributed by atoms with Gasteiger partial charge in [0.25, 0.3) is 0 Å². The molecule has 6 heteroatoms. The van der Waals surface area contributed by atoms with E-state index in [4.69, 9.17) is 4.74 Å². The molecule has 0 bridgehead atoms. The van der Waals surface area contributed by atoms with Crippen LogP contribution in [-0.4, -0.2) is 35.1 Å². The van der Waals surface area contributed by atoms with Crippen LogP contribution in [0.2, 0.25) is 0 Å². The van der Waals surface area contributed by atoms with Crippen LogP contribution in [-0.2, 0) is 16.0 Å². The number of nitrogens with one attached hydrogen (secondary N) is 1. The maximum Gasteiger partial charge on any atom is 0.226 e. The van der Waals surface area contributed by atoms with Gasteiger partial charge >= 0.3 is 0 Å². The Labute approximate surface area is 140 Å². The highest BCUT2D eigenvalue weighted by Crippen LogP contribution is 2.35. The molecule has 2 atom stereocenters. The molecule has 1 fully saturated rings. The van der Waals surface area contributed by atoms with Crippen molar-refractivity contribution in [2.45, 2.75) is 38.3 Å². The van der Waals surface area contributed by atoms with E-state index >= 15 is 0 Å². The number of methoxy groups -OCH3 is 1. The fourth-order valence-electron chi connectivity index (χ4n) is 2.78. The molecule has 1 aliphatic carbocycles. The monoisotopic (exact) mass is 331 g/mol. The summed E-state index contributed by atoms with van der Waals surface area (Å²) in [6.07, 6.45) is 4.53. The van der Waals surface area contributed by atoms with E-state index in [0.717, 1.165) is 16.4 Å². The number of rotatable bonds is 7. The number of amides is 1. The van der Waals surface area contributed by atoms with E-state index in [2.05, 4.69) is 15.3 Å². The molecule has 2 heterocycles. The molecule has 0 saturated heterocycles. The summed E-state index contributed by atoms with van der Waals surface area (Å²) >= 11 is 1.51. The Morgan fingerprint density at radius 3 is 2.96 bits per heavy atom. The standard InChI is InChI=1S/C17H21N3O2S/c1-11(16(22-2)12-6-7-12)19-15(21)9-13-10-23-17(20-13)14-5-3-4-8-18-14/h3-5,8,10-12,16H,6-7,9H2,1-2H3,(H,19,21). The Morgan fingerprint density at radius 1 is 1.48 bits per heavy atom. The van der Waals surface area contributed by atoms with E-state index in [0.29, 0.717) is 5.92 Å². The number of hydrogen-bond acceptors (Lipinski definition) is 5. The summed E-state index contributed by atoms with van der Waals surface area (Å²) in [6.45, 7) is 2.00. The Morgan fingerprint density at radius 2 is 2.30 bits per heavy atom. The van der Waals surface area contributed by atoms with Crippen LogP contribution >= 0.6 is 11.3 Å². The third kappa shape index (κ3) is 4.14. The maximum absolute atomic E-state index is 12.2. The van der Waals surface area contributed by atoms with Gasteiger partial charge < -0.3 is 10.1 Å². The molecule has 2 unspecified atom stereocenters. The lowest BCUT2D eigenvalue weighted by molar-refractivity contribution is -0.122. The highest BCUT2D eigenvalue weighted by atomic mass is 32.1. The summed E-state index contributed by atoms with van der Waals surface area (Å²) < 4.78 is 5.51. The molecule has 23 heavy (non-hydrogen) atoms. The molecule has 5 nitrogen and oxygen atoms in total. The minimum Gasteiger partial charge on any atom is -0.379 e. The fourth-order valence-corrected chi connectivity index (χ4v) is 3.57. The van der Waals surface area contributed by atoms with Crippen molar-refractivity contribution in [3.05, 3.63) is 35.5 Å². The molecular formula is C17H21N3O2S. The van der Waals surface area contributed by atoms with Gasteiger partial charge in [0, 0.05) is 18.7 Å². The fraction of sp³-hybridized carbons (Fsp3) is 0.471. The molecule has 0 aromatic carbocycles. The van der Waals surface area contributed by atoms with Gasteiger partial charge in [-0.3, -0.25) is 9.78 Å². The lowest BCUT2D eigenvalue weighted by Crippen LogP contribution is -2.43. The van der Waals surface area contributed by atoms with Gasteiger partial charge in [0.2, 0.25) is 5.91 Å². The maximum atomic E-state index is 12.2. The van der Waals surface area contributed by atoms with Crippen LogP contribution < -0.4 is 5.32 Å². The third-order valence-electron chi connectivity index (χ3n) is 4.02. The summed E-state index contributed by atoms with van der Waals surface area (Å²) in [5, 5.41) is 5.80. The zero-order valence-electron chi connectivity index (χ0n) is 13.4. The summed E-state index contributed by atoms with van der Waals surface area (Å²) in [4.78, 5) is 21.0. The van der Waals surface area contributed by atoms with Gasteiger partial charge in [0.15, 0.2) is 0 Å². The second-order valence-electron chi connectivity index (χ2n) is 5.93. The van der Waals surface area contributed by atoms with Gasteiger partial charge in [-0.1, -0.05) is 6.07 Å². The van der Waals surface area contributed by atoms with E-state index in [9.17, 15) is 4.79 Å². The molecule has 1 aliphatic rings. The highest BCUT2D eigenvalue weighted by Gasteiger charge is 2.35. The van der Waals surface area contributed by atoms with Gasteiger partial charge in [0.1, 0.15) is 5.01 Å². The van der Waals surface area contributed by atoms with E-state index < -0.39 is 0 Å². The Balaban J connectivity index is 1.57. The molecular weight excluding hydrogens is 310 g/mol. The summed E-state index contributed by atoms with van der Waals surface area (Å²) in [7, 11) is 1.71. The first-order valence-corrected chi connectivity index (χ1v) is 8.73. The van der Waals surface area contributed by atoms with Gasteiger partial charge in [-0.05, 0) is 37.8 Å². The number of aromatic nitrogens is 2. The van der Waals surface area contributed by atoms with Crippen LogP contribution in [0.15, 0.2) is 29.8 Å². The average molecular weight is 331 g/mol. The number of carbonyl (C=O) groups excluding carboxylic acids is 1. The van der Waals surface area contributed by atoms with Gasteiger partial charge in [0.05, 0.1) is 30.0 Å². The smallest absolute Gasteiger partial charge is 0.226 e. The Hall–Kier alpha value is -1.79. The van der Waals surface area contributed by atoms with Crippen LogP contribution in [0.3, 0.4) is 0 Å². The van der Waals surface area contributed by atoms with Crippen LogP contribution in [0.5, 0.6) is 0 Å². The second kappa shape index (κ2) is 7.19. The molecule has 0 aliphatic heterocycles. The number of thiazole rings is 1. The quantitative estimate of drug-likeness (QED) is 0.847. The number of pyridine rings is 1. The van der Waals surface area contributed by atoms with E-state index in [-0.39, 0.29) is 24.5 Å². The summed E-state index contributed by atoms with van der Waals surface area (Å²) in [6, 6.07) is 5.75. The van der Waals surface area contributed by atoms with Gasteiger partial charge in [-0.15, -0.1) is 11.3 Å². The minimum atomic E-state index is -0.0157. The lowest BCUT2D eigenvalue weighted by Gasteiger charge is -2.23.